The maximum Gasteiger partial charge on any atom is 0.330 e. The zero-order valence-corrected chi connectivity index (χ0v) is 17.1. The van der Waals surface area contributed by atoms with Gasteiger partial charge in [0.05, 0.1) is 24.1 Å². The molecule has 3 rings (SSSR count). The molecule has 1 aliphatic heterocycles. The Morgan fingerprint density at radius 2 is 2.00 bits per heavy atom. The Balaban J connectivity index is 1.75. The average molecular weight is 393 g/mol. The highest BCUT2D eigenvalue weighted by atomic mass is 35.5. The van der Waals surface area contributed by atoms with E-state index in [1.807, 2.05) is 31.0 Å². The van der Waals surface area contributed by atoms with Crippen LogP contribution < -0.4 is 10.9 Å². The van der Waals surface area contributed by atoms with Crippen molar-refractivity contribution in [1.82, 2.24) is 10.4 Å². The first-order valence-corrected chi connectivity index (χ1v) is 9.66. The molecule has 147 valence electrons. The van der Waals surface area contributed by atoms with Crippen LogP contribution in [0.1, 0.15) is 46.1 Å². The molecular weight excluding hydrogens is 364 g/mol. The maximum absolute atomic E-state index is 11.4. The summed E-state index contributed by atoms with van der Waals surface area (Å²) in [5.41, 5.74) is 1.76. The van der Waals surface area contributed by atoms with Gasteiger partial charge in [-0.1, -0.05) is 29.2 Å². The van der Waals surface area contributed by atoms with Crippen molar-refractivity contribution >= 4 is 30.9 Å². The lowest BCUT2D eigenvalue weighted by Crippen LogP contribution is -2.49. The molecule has 1 fully saturated rings. The van der Waals surface area contributed by atoms with Crippen molar-refractivity contribution in [2.24, 2.45) is 10.9 Å². The summed E-state index contributed by atoms with van der Waals surface area (Å²) < 4.78 is 5.80. The van der Waals surface area contributed by atoms with Gasteiger partial charge in [0, 0.05) is 10.6 Å². The van der Waals surface area contributed by atoms with Gasteiger partial charge in [0.15, 0.2) is 0 Å². The van der Waals surface area contributed by atoms with E-state index in [-0.39, 0.29) is 5.92 Å². The van der Waals surface area contributed by atoms with Crippen molar-refractivity contribution in [2.45, 2.75) is 57.3 Å². The number of hydrazine groups is 1. The molecule has 0 amide bonds. The normalized spacial score (nSPS) is 20.4. The standard InChI is InChI=1S/C19H28BClN3O3/c1-17(2,25)18(3,4)27-20-14-7-8-15(16(21)9-14)19(26,13-5-6-13)10-24-12-22-11-23-24/h7-9,11,13,25-26H,5-6,10,12H2,1-4H3,(H,22,23). The molecule has 3 N–H and O–H groups in total. The molecule has 0 aromatic heterocycles. The Bertz CT molecular complexity index is 711. The number of β-amino-alcohol motifs (C(OH)–C–C–N with tert-alkyl or cyclic N) is 1. The summed E-state index contributed by atoms with van der Waals surface area (Å²) >= 11 is 6.56. The number of rotatable bonds is 8. The van der Waals surface area contributed by atoms with Crippen molar-refractivity contribution in [3.05, 3.63) is 28.8 Å². The van der Waals surface area contributed by atoms with Gasteiger partial charge in [0.2, 0.25) is 0 Å². The van der Waals surface area contributed by atoms with E-state index in [0.29, 0.717) is 18.2 Å². The summed E-state index contributed by atoms with van der Waals surface area (Å²) in [5, 5.41) is 24.0. The third-order valence-electron chi connectivity index (χ3n) is 5.69. The van der Waals surface area contributed by atoms with Gasteiger partial charge >= 0.3 is 7.48 Å². The minimum atomic E-state index is -1.02. The van der Waals surface area contributed by atoms with Crippen LogP contribution >= 0.6 is 11.6 Å². The van der Waals surface area contributed by atoms with Crippen LogP contribution in [0.3, 0.4) is 0 Å². The highest BCUT2D eigenvalue weighted by Gasteiger charge is 2.47. The van der Waals surface area contributed by atoms with Crippen molar-refractivity contribution < 1.29 is 14.9 Å². The van der Waals surface area contributed by atoms with Crippen LogP contribution in [0, 0.1) is 5.92 Å². The molecule has 0 bridgehead atoms. The Kier molecular flexibility index (Phi) is 5.63. The zero-order valence-electron chi connectivity index (χ0n) is 16.4. The SMILES string of the molecule is CC(C)(O)C(C)(C)O[B]c1ccc(C(O)(CN2CN=CN2)C2CC2)c(Cl)c1. The Morgan fingerprint density at radius 1 is 1.30 bits per heavy atom. The highest BCUT2D eigenvalue weighted by Crippen LogP contribution is 2.47. The molecule has 0 saturated heterocycles. The van der Waals surface area contributed by atoms with E-state index in [4.69, 9.17) is 16.3 Å². The van der Waals surface area contributed by atoms with Gasteiger partial charge in [-0.2, -0.15) is 5.01 Å². The van der Waals surface area contributed by atoms with Gasteiger partial charge in [-0.25, -0.2) is 0 Å². The third kappa shape index (κ3) is 4.49. The van der Waals surface area contributed by atoms with E-state index >= 15 is 0 Å². The molecule has 0 spiro atoms. The van der Waals surface area contributed by atoms with Gasteiger partial charge in [-0.3, -0.25) is 4.99 Å². The number of aliphatic hydroxyl groups is 2. The molecule has 6 nitrogen and oxygen atoms in total. The summed E-state index contributed by atoms with van der Waals surface area (Å²) in [4.78, 5) is 4.13. The molecule has 2 aliphatic rings. The molecule has 1 heterocycles. The van der Waals surface area contributed by atoms with Crippen molar-refractivity contribution in [3.8, 4) is 0 Å². The van der Waals surface area contributed by atoms with Crippen LogP contribution in [0.2, 0.25) is 5.02 Å². The van der Waals surface area contributed by atoms with Gasteiger partial charge in [-0.05, 0) is 52.5 Å². The van der Waals surface area contributed by atoms with Crippen LogP contribution in [-0.4, -0.2) is 53.5 Å². The van der Waals surface area contributed by atoms with Crippen molar-refractivity contribution in [2.75, 3.05) is 13.2 Å². The molecule has 1 aromatic rings. The van der Waals surface area contributed by atoms with E-state index < -0.39 is 16.8 Å². The van der Waals surface area contributed by atoms with Gasteiger partial charge < -0.3 is 20.3 Å². The van der Waals surface area contributed by atoms with E-state index in [2.05, 4.69) is 10.4 Å². The molecule has 1 radical (unpaired) electrons. The van der Waals surface area contributed by atoms with Crippen LogP contribution in [0.5, 0.6) is 0 Å². The number of halogens is 1. The van der Waals surface area contributed by atoms with Crippen LogP contribution in [0.4, 0.5) is 0 Å². The van der Waals surface area contributed by atoms with Gasteiger partial charge in [-0.15, -0.1) is 0 Å². The first-order valence-electron chi connectivity index (χ1n) is 9.28. The molecule has 1 aliphatic carbocycles. The van der Waals surface area contributed by atoms with Gasteiger partial charge in [0.25, 0.3) is 0 Å². The summed E-state index contributed by atoms with van der Waals surface area (Å²) in [6.07, 6.45) is 3.60. The fourth-order valence-corrected chi connectivity index (χ4v) is 3.35. The van der Waals surface area contributed by atoms with E-state index in [9.17, 15) is 10.2 Å². The molecule has 8 heteroatoms. The van der Waals surface area contributed by atoms with Crippen LogP contribution in [0.15, 0.2) is 23.2 Å². The Labute approximate surface area is 166 Å². The monoisotopic (exact) mass is 392 g/mol. The molecule has 1 aromatic carbocycles. The molecule has 1 saturated carbocycles. The lowest BCUT2D eigenvalue weighted by molar-refractivity contribution is -0.0893. The summed E-state index contributed by atoms with van der Waals surface area (Å²) in [6, 6.07) is 5.53. The zero-order chi connectivity index (χ0) is 19.9. The number of nitrogens with one attached hydrogen (secondary N) is 1. The lowest BCUT2D eigenvalue weighted by atomic mass is 9.80. The van der Waals surface area contributed by atoms with Crippen molar-refractivity contribution in [3.63, 3.8) is 0 Å². The number of aliphatic imine (C=N–C) groups is 1. The van der Waals surface area contributed by atoms with Crippen molar-refractivity contribution in [1.29, 1.82) is 0 Å². The van der Waals surface area contributed by atoms with E-state index in [0.717, 1.165) is 23.9 Å². The van der Waals surface area contributed by atoms with E-state index in [1.54, 1.807) is 33.7 Å². The Morgan fingerprint density at radius 3 is 2.52 bits per heavy atom. The second kappa shape index (κ2) is 7.37. The predicted molar refractivity (Wildman–Crippen MR) is 108 cm³/mol. The average Bonchev–Trinajstić information content (AvgIpc) is 3.31. The number of benzene rings is 1. The third-order valence-corrected chi connectivity index (χ3v) is 6.00. The predicted octanol–water partition coefficient (Wildman–Crippen LogP) is 1.55. The largest absolute Gasteiger partial charge is 0.427 e. The molecular formula is C19H28BClN3O3. The topological polar surface area (TPSA) is 77.3 Å². The molecule has 1 atom stereocenters. The fraction of sp³-hybridized carbons (Fsp3) is 0.632. The number of hydrogen-bond donors (Lipinski definition) is 3. The minimum absolute atomic E-state index is 0.192. The van der Waals surface area contributed by atoms with E-state index in [1.165, 1.54) is 0 Å². The lowest BCUT2D eigenvalue weighted by Gasteiger charge is -2.37. The second-order valence-electron chi connectivity index (χ2n) is 8.52. The fourth-order valence-electron chi connectivity index (χ4n) is 3.00. The number of nitrogens with zero attached hydrogens (tertiary/aromatic N) is 2. The quantitative estimate of drug-likeness (QED) is 0.585. The number of hydrogen-bond acceptors (Lipinski definition) is 6. The second-order valence-corrected chi connectivity index (χ2v) is 8.93. The first-order chi connectivity index (χ1) is 12.5. The Hall–Kier alpha value is -1.12. The summed E-state index contributed by atoms with van der Waals surface area (Å²) in [6.45, 7) is 8.01. The van der Waals surface area contributed by atoms with Crippen LogP contribution in [-0.2, 0) is 10.3 Å². The maximum atomic E-state index is 11.4. The minimum Gasteiger partial charge on any atom is -0.427 e. The summed E-state index contributed by atoms with van der Waals surface area (Å²) in [7, 11) is 1.60. The molecule has 27 heavy (non-hydrogen) atoms. The highest BCUT2D eigenvalue weighted by molar-refractivity contribution is 6.48. The van der Waals surface area contributed by atoms with Gasteiger partial charge in [0.1, 0.15) is 12.3 Å². The summed E-state index contributed by atoms with van der Waals surface area (Å²) in [5.74, 6) is 0.192. The molecule has 1 unspecified atom stereocenters. The van der Waals surface area contributed by atoms with Crippen LogP contribution in [0.25, 0.3) is 0 Å². The first kappa shape index (κ1) is 20.6. The smallest absolute Gasteiger partial charge is 0.330 e.